The number of nitrogens with one attached hydrogen (secondary N) is 1. The van der Waals surface area contributed by atoms with Crippen molar-refractivity contribution >= 4 is 5.91 Å². The number of benzene rings is 1. The van der Waals surface area contributed by atoms with Gasteiger partial charge in [-0.2, -0.15) is 0 Å². The van der Waals surface area contributed by atoms with Crippen LogP contribution in [0.15, 0.2) is 24.3 Å². The Kier molecular flexibility index (Phi) is 6.06. The summed E-state index contributed by atoms with van der Waals surface area (Å²) in [6, 6.07) is 7.47. The van der Waals surface area contributed by atoms with Gasteiger partial charge in [-0.25, -0.2) is 0 Å². The van der Waals surface area contributed by atoms with Gasteiger partial charge in [0.05, 0.1) is 20.3 Å². The highest BCUT2D eigenvalue weighted by atomic mass is 16.5. The molecule has 0 heterocycles. The number of carbonyl (C=O) groups is 1. The fourth-order valence-electron chi connectivity index (χ4n) is 1.32. The van der Waals surface area contributed by atoms with Crippen molar-refractivity contribution in [2.45, 2.75) is 6.54 Å². The molecule has 0 aliphatic rings. The first-order valence-corrected chi connectivity index (χ1v) is 5.35. The lowest BCUT2D eigenvalue weighted by molar-refractivity contribution is -0.126. The van der Waals surface area contributed by atoms with Gasteiger partial charge in [0, 0.05) is 12.1 Å². The third-order valence-electron chi connectivity index (χ3n) is 2.14. The zero-order valence-corrected chi connectivity index (χ0v) is 9.81. The van der Waals surface area contributed by atoms with E-state index in [9.17, 15) is 4.79 Å². The number of rotatable bonds is 7. The van der Waals surface area contributed by atoms with E-state index in [-0.39, 0.29) is 25.7 Å². The Morgan fingerprint density at radius 3 is 2.88 bits per heavy atom. The van der Waals surface area contributed by atoms with Crippen LogP contribution >= 0.6 is 0 Å². The highest BCUT2D eigenvalue weighted by Gasteiger charge is 2.04. The van der Waals surface area contributed by atoms with Crippen molar-refractivity contribution in [1.82, 2.24) is 5.32 Å². The summed E-state index contributed by atoms with van der Waals surface area (Å²) < 4.78 is 10.1. The van der Waals surface area contributed by atoms with Gasteiger partial charge in [-0.15, -0.1) is 0 Å². The quantitative estimate of drug-likeness (QED) is 0.672. The van der Waals surface area contributed by atoms with Gasteiger partial charge >= 0.3 is 0 Å². The van der Waals surface area contributed by atoms with E-state index >= 15 is 0 Å². The maximum Gasteiger partial charge on any atom is 0.246 e. The van der Waals surface area contributed by atoms with Crippen LogP contribution in [-0.2, 0) is 16.1 Å². The molecule has 17 heavy (non-hydrogen) atoms. The molecule has 2 N–H and O–H groups in total. The van der Waals surface area contributed by atoms with Gasteiger partial charge in [0.15, 0.2) is 0 Å². The smallest absolute Gasteiger partial charge is 0.246 e. The summed E-state index contributed by atoms with van der Waals surface area (Å²) in [7, 11) is 1.59. The maximum atomic E-state index is 11.3. The number of aliphatic hydroxyl groups is 1. The van der Waals surface area contributed by atoms with Crippen molar-refractivity contribution < 1.29 is 19.4 Å². The first kappa shape index (κ1) is 13.5. The molecule has 1 aromatic rings. The normalized spacial score (nSPS) is 10.0. The predicted molar refractivity (Wildman–Crippen MR) is 62.7 cm³/mol. The standard InChI is InChI=1S/C12H17NO4/c1-16-11-5-3-2-4-10(11)8-13-12(15)9-17-7-6-14/h2-5,14H,6-9H2,1H3,(H,13,15). The van der Waals surface area contributed by atoms with Crippen molar-refractivity contribution in [2.24, 2.45) is 0 Å². The molecule has 0 unspecified atom stereocenters. The van der Waals surface area contributed by atoms with E-state index in [2.05, 4.69) is 5.32 Å². The lowest BCUT2D eigenvalue weighted by Gasteiger charge is -2.09. The number of hydrogen-bond acceptors (Lipinski definition) is 4. The Labute approximate surface area is 100 Å². The molecule has 5 nitrogen and oxygen atoms in total. The summed E-state index contributed by atoms with van der Waals surface area (Å²) in [6.07, 6.45) is 0. The molecular weight excluding hydrogens is 222 g/mol. The fraction of sp³-hybridized carbons (Fsp3) is 0.417. The molecule has 1 amide bonds. The molecule has 0 atom stereocenters. The Bertz CT molecular complexity index is 354. The highest BCUT2D eigenvalue weighted by molar-refractivity contribution is 5.77. The second kappa shape index (κ2) is 7.65. The molecule has 0 aliphatic heterocycles. The fourth-order valence-corrected chi connectivity index (χ4v) is 1.32. The summed E-state index contributed by atoms with van der Waals surface area (Å²) in [6.45, 7) is 0.433. The molecule has 0 aliphatic carbocycles. The Balaban J connectivity index is 2.36. The van der Waals surface area contributed by atoms with E-state index in [1.165, 1.54) is 0 Å². The van der Waals surface area contributed by atoms with Crippen molar-refractivity contribution in [2.75, 3.05) is 26.9 Å². The summed E-state index contributed by atoms with van der Waals surface area (Å²) in [5.74, 6) is 0.522. The predicted octanol–water partition coefficient (Wildman–Crippen LogP) is 0.320. The number of para-hydroxylation sites is 1. The minimum absolute atomic E-state index is 0.0459. The monoisotopic (exact) mass is 239 g/mol. The topological polar surface area (TPSA) is 67.8 Å². The van der Waals surface area contributed by atoms with Gasteiger partial charge in [-0.1, -0.05) is 18.2 Å². The van der Waals surface area contributed by atoms with E-state index in [4.69, 9.17) is 14.6 Å². The molecule has 5 heteroatoms. The van der Waals surface area contributed by atoms with Gasteiger partial charge in [0.25, 0.3) is 0 Å². The molecule has 0 fully saturated rings. The van der Waals surface area contributed by atoms with Crippen LogP contribution in [0.4, 0.5) is 0 Å². The van der Waals surface area contributed by atoms with Gasteiger partial charge in [0.1, 0.15) is 12.4 Å². The molecule has 0 saturated carbocycles. The number of aliphatic hydroxyl groups excluding tert-OH is 1. The van der Waals surface area contributed by atoms with Gasteiger partial charge in [-0.05, 0) is 6.07 Å². The second-order valence-corrected chi connectivity index (χ2v) is 3.36. The summed E-state index contributed by atoms with van der Waals surface area (Å²) >= 11 is 0. The third kappa shape index (κ3) is 4.84. The number of amides is 1. The zero-order chi connectivity index (χ0) is 12.5. The third-order valence-corrected chi connectivity index (χ3v) is 2.14. The van der Waals surface area contributed by atoms with Crippen LogP contribution in [0.1, 0.15) is 5.56 Å². The molecule has 1 aromatic carbocycles. The number of carbonyl (C=O) groups excluding carboxylic acids is 1. The molecular formula is C12H17NO4. The Morgan fingerprint density at radius 2 is 2.18 bits per heavy atom. The minimum atomic E-state index is -0.218. The molecule has 0 saturated heterocycles. The van der Waals surface area contributed by atoms with Crippen LogP contribution in [0.5, 0.6) is 5.75 Å². The van der Waals surface area contributed by atoms with E-state index in [0.717, 1.165) is 11.3 Å². The first-order chi connectivity index (χ1) is 8.27. The van der Waals surface area contributed by atoms with Gasteiger partial charge < -0.3 is 19.9 Å². The number of ether oxygens (including phenoxy) is 2. The van der Waals surface area contributed by atoms with E-state index < -0.39 is 0 Å². The molecule has 0 aromatic heterocycles. The lowest BCUT2D eigenvalue weighted by atomic mass is 10.2. The van der Waals surface area contributed by atoms with Crippen molar-refractivity contribution in [3.05, 3.63) is 29.8 Å². The molecule has 0 radical (unpaired) electrons. The molecule has 94 valence electrons. The summed E-state index contributed by atoms with van der Waals surface area (Å²) in [5.41, 5.74) is 0.908. The largest absolute Gasteiger partial charge is 0.496 e. The SMILES string of the molecule is COc1ccccc1CNC(=O)COCCO. The summed E-state index contributed by atoms with van der Waals surface area (Å²) in [5, 5.41) is 11.2. The molecule has 0 bridgehead atoms. The minimum Gasteiger partial charge on any atom is -0.496 e. The molecule has 1 rings (SSSR count). The van der Waals surface area contributed by atoms with Crippen molar-refractivity contribution in [3.8, 4) is 5.75 Å². The highest BCUT2D eigenvalue weighted by Crippen LogP contribution is 2.16. The lowest BCUT2D eigenvalue weighted by Crippen LogP contribution is -2.27. The number of hydrogen-bond donors (Lipinski definition) is 2. The average molecular weight is 239 g/mol. The van der Waals surface area contributed by atoms with Crippen LogP contribution in [0.3, 0.4) is 0 Å². The van der Waals surface area contributed by atoms with Gasteiger partial charge in [-0.3, -0.25) is 4.79 Å². The van der Waals surface area contributed by atoms with Gasteiger partial charge in [0.2, 0.25) is 5.91 Å². The average Bonchev–Trinajstić information content (AvgIpc) is 2.37. The zero-order valence-electron chi connectivity index (χ0n) is 9.81. The molecule has 0 spiro atoms. The van der Waals surface area contributed by atoms with E-state index in [1.54, 1.807) is 7.11 Å². The van der Waals surface area contributed by atoms with Crippen LogP contribution in [-0.4, -0.2) is 37.9 Å². The van der Waals surface area contributed by atoms with Crippen LogP contribution in [0, 0.1) is 0 Å². The first-order valence-electron chi connectivity index (χ1n) is 5.35. The summed E-state index contributed by atoms with van der Waals surface area (Å²) in [4.78, 5) is 11.3. The van der Waals surface area contributed by atoms with E-state index in [1.807, 2.05) is 24.3 Å². The second-order valence-electron chi connectivity index (χ2n) is 3.36. The van der Waals surface area contributed by atoms with E-state index in [0.29, 0.717) is 6.54 Å². The van der Waals surface area contributed by atoms with Crippen LogP contribution in [0.2, 0.25) is 0 Å². The van der Waals surface area contributed by atoms with Crippen molar-refractivity contribution in [3.63, 3.8) is 0 Å². The maximum absolute atomic E-state index is 11.3. The number of methoxy groups -OCH3 is 1. The van der Waals surface area contributed by atoms with Crippen LogP contribution < -0.4 is 10.1 Å². The Morgan fingerprint density at radius 1 is 1.41 bits per heavy atom. The van der Waals surface area contributed by atoms with Crippen LogP contribution in [0.25, 0.3) is 0 Å². The van der Waals surface area contributed by atoms with Crippen molar-refractivity contribution in [1.29, 1.82) is 0 Å². The Hall–Kier alpha value is -1.59.